The summed E-state index contributed by atoms with van der Waals surface area (Å²) < 4.78 is 5.21. The molecule has 4 nitrogen and oxygen atoms in total. The number of phenolic OH excluding ortho intramolecular Hbond substituents is 1. The van der Waals surface area contributed by atoms with Crippen LogP contribution in [0.25, 0.3) is 0 Å². The fourth-order valence-electron chi connectivity index (χ4n) is 1.76. The zero-order valence-electron chi connectivity index (χ0n) is 10.1. The molecule has 0 aliphatic rings. The van der Waals surface area contributed by atoms with Crippen molar-refractivity contribution in [1.29, 1.82) is 0 Å². The number of nitrogens with one attached hydrogen (secondary N) is 1. The van der Waals surface area contributed by atoms with Gasteiger partial charge in [0.2, 0.25) is 0 Å². The summed E-state index contributed by atoms with van der Waals surface area (Å²) >= 11 is 0. The Hall–Kier alpha value is -2.23. The zero-order chi connectivity index (χ0) is 13.0. The van der Waals surface area contributed by atoms with Crippen LogP contribution in [0.5, 0.6) is 5.75 Å². The average molecular weight is 245 g/mol. The highest BCUT2D eigenvalue weighted by molar-refractivity contribution is 5.95. The Morgan fingerprint density at radius 3 is 2.94 bits per heavy atom. The predicted molar refractivity (Wildman–Crippen MR) is 67.4 cm³/mol. The summed E-state index contributed by atoms with van der Waals surface area (Å²) in [5, 5.41) is 12.1. The first-order valence-electron chi connectivity index (χ1n) is 5.83. The van der Waals surface area contributed by atoms with Crippen LogP contribution < -0.4 is 5.32 Å². The van der Waals surface area contributed by atoms with Crippen LogP contribution in [-0.4, -0.2) is 11.0 Å². The van der Waals surface area contributed by atoms with Gasteiger partial charge in [-0.3, -0.25) is 4.79 Å². The molecule has 0 atom stereocenters. The minimum Gasteiger partial charge on any atom is -0.508 e. The van der Waals surface area contributed by atoms with Gasteiger partial charge in [-0.15, -0.1) is 0 Å². The number of furan rings is 1. The summed E-state index contributed by atoms with van der Waals surface area (Å²) in [4.78, 5) is 11.9. The summed E-state index contributed by atoms with van der Waals surface area (Å²) in [5.74, 6) is 0.714. The third kappa shape index (κ3) is 2.71. The molecule has 1 amide bonds. The molecule has 2 N–H and O–H groups in total. The van der Waals surface area contributed by atoms with Gasteiger partial charge in [-0.2, -0.15) is 0 Å². The molecule has 1 aromatic carbocycles. The molecule has 2 aromatic rings. The Balaban J connectivity index is 2.00. The Bertz CT molecular complexity index is 545. The van der Waals surface area contributed by atoms with Crippen molar-refractivity contribution in [3.05, 3.63) is 53.5 Å². The monoisotopic (exact) mass is 245 g/mol. The molecule has 0 fully saturated rings. The number of aromatic hydroxyl groups is 1. The fraction of sp³-hybridized carbons (Fsp3) is 0.214. The maximum absolute atomic E-state index is 11.9. The highest BCUT2D eigenvalue weighted by Gasteiger charge is 2.12. The lowest BCUT2D eigenvalue weighted by atomic mass is 10.2. The quantitative estimate of drug-likeness (QED) is 0.869. The number of benzene rings is 1. The number of phenols is 1. The molecule has 4 heteroatoms. The van der Waals surface area contributed by atoms with E-state index < -0.39 is 0 Å². The lowest BCUT2D eigenvalue weighted by Gasteiger charge is -2.05. The van der Waals surface area contributed by atoms with Gasteiger partial charge in [0, 0.05) is 13.0 Å². The Labute approximate surface area is 105 Å². The van der Waals surface area contributed by atoms with Crippen molar-refractivity contribution < 1.29 is 14.3 Å². The summed E-state index contributed by atoms with van der Waals surface area (Å²) in [6.07, 6.45) is 2.20. The van der Waals surface area contributed by atoms with E-state index in [2.05, 4.69) is 5.32 Å². The number of carbonyl (C=O) groups is 1. The summed E-state index contributed by atoms with van der Waals surface area (Å²) in [7, 11) is 0. The summed E-state index contributed by atoms with van der Waals surface area (Å²) in [6.45, 7) is 2.31. The number of aryl methyl sites for hydroxylation is 1. The van der Waals surface area contributed by atoms with Crippen LogP contribution in [0.15, 0.2) is 41.0 Å². The molecule has 0 unspecified atom stereocenters. The first kappa shape index (κ1) is 12.2. The molecule has 94 valence electrons. The van der Waals surface area contributed by atoms with Crippen molar-refractivity contribution >= 4 is 5.91 Å². The third-order valence-corrected chi connectivity index (χ3v) is 2.67. The normalized spacial score (nSPS) is 10.3. The van der Waals surface area contributed by atoms with Crippen molar-refractivity contribution in [3.8, 4) is 5.75 Å². The number of carbonyl (C=O) groups excluding carboxylic acids is 1. The van der Waals surface area contributed by atoms with E-state index in [1.165, 1.54) is 6.26 Å². The number of hydrogen-bond donors (Lipinski definition) is 2. The first-order chi connectivity index (χ1) is 8.70. The van der Waals surface area contributed by atoms with Crippen molar-refractivity contribution in [2.45, 2.75) is 19.9 Å². The highest BCUT2D eigenvalue weighted by atomic mass is 16.3. The lowest BCUT2D eigenvalue weighted by Crippen LogP contribution is -2.23. The van der Waals surface area contributed by atoms with E-state index in [-0.39, 0.29) is 11.7 Å². The molecule has 0 radical (unpaired) electrons. The van der Waals surface area contributed by atoms with E-state index in [0.717, 1.165) is 5.56 Å². The van der Waals surface area contributed by atoms with E-state index in [1.54, 1.807) is 24.3 Å². The van der Waals surface area contributed by atoms with E-state index >= 15 is 0 Å². The molecule has 0 saturated heterocycles. The Morgan fingerprint density at radius 1 is 1.39 bits per heavy atom. The molecule has 18 heavy (non-hydrogen) atoms. The third-order valence-electron chi connectivity index (χ3n) is 2.67. The molecule has 0 bridgehead atoms. The SMILES string of the molecule is CCc1occc1C(=O)NCc1cccc(O)c1. The van der Waals surface area contributed by atoms with Gasteiger partial charge in [-0.25, -0.2) is 0 Å². The van der Waals surface area contributed by atoms with Crippen molar-refractivity contribution in [3.63, 3.8) is 0 Å². The second kappa shape index (κ2) is 5.40. The van der Waals surface area contributed by atoms with E-state index in [9.17, 15) is 9.90 Å². The smallest absolute Gasteiger partial charge is 0.255 e. The standard InChI is InChI=1S/C14H15NO3/c1-2-13-12(6-7-18-13)14(17)15-9-10-4-3-5-11(16)8-10/h3-8,16H,2,9H2,1H3,(H,15,17). The molecule has 0 saturated carbocycles. The van der Waals surface area contributed by atoms with Gasteiger partial charge in [0.1, 0.15) is 11.5 Å². The van der Waals surface area contributed by atoms with Gasteiger partial charge in [0.25, 0.3) is 5.91 Å². The Kier molecular flexibility index (Phi) is 3.67. The van der Waals surface area contributed by atoms with E-state index in [0.29, 0.717) is 24.3 Å². The fourth-order valence-corrected chi connectivity index (χ4v) is 1.76. The topological polar surface area (TPSA) is 62.5 Å². The van der Waals surface area contributed by atoms with Gasteiger partial charge in [-0.05, 0) is 23.8 Å². The lowest BCUT2D eigenvalue weighted by molar-refractivity contribution is 0.0949. The predicted octanol–water partition coefficient (Wildman–Crippen LogP) is 2.48. The molecule has 1 aromatic heterocycles. The molecule has 2 rings (SSSR count). The van der Waals surface area contributed by atoms with Crippen LogP contribution in [0.2, 0.25) is 0 Å². The summed E-state index contributed by atoms with van der Waals surface area (Å²) in [6, 6.07) is 8.46. The number of rotatable bonds is 4. The van der Waals surface area contributed by atoms with Crippen molar-refractivity contribution in [1.82, 2.24) is 5.32 Å². The van der Waals surface area contributed by atoms with Gasteiger partial charge in [-0.1, -0.05) is 19.1 Å². The van der Waals surface area contributed by atoms with E-state index in [1.807, 2.05) is 13.0 Å². The van der Waals surface area contributed by atoms with E-state index in [4.69, 9.17) is 4.42 Å². The summed E-state index contributed by atoms with van der Waals surface area (Å²) in [5.41, 5.74) is 1.42. The molecule has 0 aliphatic heterocycles. The minimum atomic E-state index is -0.163. The van der Waals surface area contributed by atoms with Crippen LogP contribution in [0.3, 0.4) is 0 Å². The maximum atomic E-state index is 11.9. The van der Waals surface area contributed by atoms with Crippen LogP contribution in [0.1, 0.15) is 28.6 Å². The first-order valence-corrected chi connectivity index (χ1v) is 5.83. The minimum absolute atomic E-state index is 0.163. The average Bonchev–Trinajstić information content (AvgIpc) is 2.84. The molecule has 0 aliphatic carbocycles. The molecule has 0 spiro atoms. The van der Waals surface area contributed by atoms with Gasteiger partial charge < -0.3 is 14.8 Å². The van der Waals surface area contributed by atoms with Crippen molar-refractivity contribution in [2.24, 2.45) is 0 Å². The molecular formula is C14H15NO3. The highest BCUT2D eigenvalue weighted by Crippen LogP contribution is 2.13. The van der Waals surface area contributed by atoms with Crippen LogP contribution >= 0.6 is 0 Å². The van der Waals surface area contributed by atoms with Crippen LogP contribution in [0.4, 0.5) is 0 Å². The number of hydrogen-bond acceptors (Lipinski definition) is 3. The largest absolute Gasteiger partial charge is 0.508 e. The van der Waals surface area contributed by atoms with Gasteiger partial charge in [0.15, 0.2) is 0 Å². The van der Waals surface area contributed by atoms with Gasteiger partial charge in [0.05, 0.1) is 11.8 Å². The second-order valence-electron chi connectivity index (χ2n) is 3.96. The van der Waals surface area contributed by atoms with Crippen LogP contribution in [0, 0.1) is 0 Å². The second-order valence-corrected chi connectivity index (χ2v) is 3.96. The Morgan fingerprint density at radius 2 is 2.22 bits per heavy atom. The van der Waals surface area contributed by atoms with Crippen LogP contribution in [-0.2, 0) is 13.0 Å². The maximum Gasteiger partial charge on any atom is 0.255 e. The molecule has 1 heterocycles. The molecular weight excluding hydrogens is 230 g/mol. The zero-order valence-corrected chi connectivity index (χ0v) is 10.1. The van der Waals surface area contributed by atoms with Crippen molar-refractivity contribution in [2.75, 3.05) is 0 Å². The van der Waals surface area contributed by atoms with Gasteiger partial charge >= 0.3 is 0 Å². The number of amides is 1.